The maximum atomic E-state index is 13.7. The van der Waals surface area contributed by atoms with Crippen molar-refractivity contribution in [2.45, 2.75) is 33.6 Å². The van der Waals surface area contributed by atoms with Gasteiger partial charge >= 0.3 is 0 Å². The molecule has 106 valence electrons. The van der Waals surface area contributed by atoms with E-state index in [2.05, 4.69) is 24.5 Å². The molecule has 0 heterocycles. The fraction of sp³-hybridized carbons (Fsp3) is 0.533. The van der Waals surface area contributed by atoms with Crippen molar-refractivity contribution >= 4 is 11.6 Å². The van der Waals surface area contributed by atoms with Crippen molar-refractivity contribution in [1.82, 2.24) is 5.32 Å². The van der Waals surface area contributed by atoms with Gasteiger partial charge in [0.2, 0.25) is 0 Å². The molecule has 0 radical (unpaired) electrons. The Balaban J connectivity index is 2.75. The van der Waals surface area contributed by atoms with Crippen LogP contribution in [0.4, 0.5) is 10.1 Å². The Morgan fingerprint density at radius 2 is 2.05 bits per heavy atom. The lowest BCUT2D eigenvalue weighted by Gasteiger charge is -2.13. The van der Waals surface area contributed by atoms with Gasteiger partial charge in [0.05, 0.1) is 11.3 Å². The van der Waals surface area contributed by atoms with Crippen LogP contribution in [0.25, 0.3) is 0 Å². The largest absolute Gasteiger partial charge is 0.382 e. The Morgan fingerprint density at radius 3 is 2.68 bits per heavy atom. The third-order valence-electron chi connectivity index (χ3n) is 2.82. The van der Waals surface area contributed by atoms with E-state index in [0.717, 1.165) is 12.8 Å². The molecule has 0 aliphatic rings. The van der Waals surface area contributed by atoms with Crippen LogP contribution in [0.3, 0.4) is 0 Å². The highest BCUT2D eigenvalue weighted by Crippen LogP contribution is 2.19. The highest BCUT2D eigenvalue weighted by Gasteiger charge is 2.14. The van der Waals surface area contributed by atoms with Crippen molar-refractivity contribution in [3.05, 3.63) is 29.6 Å². The Kier molecular flexibility index (Phi) is 6.33. The number of carbonyl (C=O) groups is 1. The molecule has 0 saturated heterocycles. The van der Waals surface area contributed by atoms with E-state index >= 15 is 0 Å². The van der Waals surface area contributed by atoms with E-state index in [1.54, 1.807) is 12.1 Å². The third-order valence-corrected chi connectivity index (χ3v) is 2.82. The zero-order valence-electron chi connectivity index (χ0n) is 11.9. The number of benzene rings is 1. The smallest absolute Gasteiger partial charge is 0.253 e. The summed E-state index contributed by atoms with van der Waals surface area (Å²) in [6.07, 6.45) is 1.79. The van der Waals surface area contributed by atoms with Crippen molar-refractivity contribution in [2.24, 2.45) is 5.92 Å². The maximum absolute atomic E-state index is 13.7. The first-order valence-corrected chi connectivity index (χ1v) is 6.86. The van der Waals surface area contributed by atoms with E-state index in [1.807, 2.05) is 6.92 Å². The monoisotopic (exact) mass is 266 g/mol. The van der Waals surface area contributed by atoms with E-state index in [-0.39, 0.29) is 11.7 Å². The molecule has 4 heteroatoms. The summed E-state index contributed by atoms with van der Waals surface area (Å²) in [5, 5.41) is 5.80. The summed E-state index contributed by atoms with van der Waals surface area (Å²) < 4.78 is 13.7. The molecule has 1 aromatic carbocycles. The van der Waals surface area contributed by atoms with Crippen molar-refractivity contribution in [1.29, 1.82) is 0 Å². The van der Waals surface area contributed by atoms with Crippen LogP contribution in [-0.2, 0) is 0 Å². The van der Waals surface area contributed by atoms with Gasteiger partial charge in [-0.3, -0.25) is 4.79 Å². The van der Waals surface area contributed by atoms with Gasteiger partial charge in [0.1, 0.15) is 5.82 Å². The highest BCUT2D eigenvalue weighted by molar-refractivity contribution is 5.99. The Labute approximate surface area is 114 Å². The molecule has 0 aliphatic carbocycles. The molecule has 2 N–H and O–H groups in total. The summed E-state index contributed by atoms with van der Waals surface area (Å²) in [6.45, 7) is 7.45. The lowest BCUT2D eigenvalue weighted by atomic mass is 10.1. The summed E-state index contributed by atoms with van der Waals surface area (Å²) >= 11 is 0. The van der Waals surface area contributed by atoms with Gasteiger partial charge in [-0.1, -0.05) is 26.8 Å². The normalized spacial score (nSPS) is 10.6. The average molecular weight is 266 g/mol. The molecule has 0 atom stereocenters. The van der Waals surface area contributed by atoms with Gasteiger partial charge in [-0.25, -0.2) is 4.39 Å². The van der Waals surface area contributed by atoms with Crippen LogP contribution in [0.1, 0.15) is 44.0 Å². The second kappa shape index (κ2) is 7.77. The predicted molar refractivity (Wildman–Crippen MR) is 77.0 cm³/mol. The lowest BCUT2D eigenvalue weighted by Crippen LogP contribution is -2.26. The van der Waals surface area contributed by atoms with Crippen LogP contribution >= 0.6 is 0 Å². The zero-order chi connectivity index (χ0) is 14.3. The predicted octanol–water partition coefficient (Wildman–Crippen LogP) is 3.42. The SMILES string of the molecule is CCCNc1c(F)cccc1C(=O)NCCC(C)C. The quantitative estimate of drug-likeness (QED) is 0.794. The number of para-hydroxylation sites is 1. The summed E-state index contributed by atoms with van der Waals surface area (Å²) in [7, 11) is 0. The molecule has 0 aromatic heterocycles. The van der Waals surface area contributed by atoms with Crippen molar-refractivity contribution in [2.75, 3.05) is 18.4 Å². The summed E-state index contributed by atoms with van der Waals surface area (Å²) in [5.41, 5.74) is 0.670. The number of nitrogens with one attached hydrogen (secondary N) is 2. The fourth-order valence-corrected chi connectivity index (χ4v) is 1.71. The second-order valence-electron chi connectivity index (χ2n) is 5.03. The van der Waals surface area contributed by atoms with Gasteiger partial charge in [-0.2, -0.15) is 0 Å². The molecule has 19 heavy (non-hydrogen) atoms. The van der Waals surface area contributed by atoms with Gasteiger partial charge in [0.15, 0.2) is 0 Å². The first-order valence-electron chi connectivity index (χ1n) is 6.86. The molecule has 1 rings (SSSR count). The van der Waals surface area contributed by atoms with Gasteiger partial charge in [0.25, 0.3) is 5.91 Å². The average Bonchev–Trinajstić information content (AvgIpc) is 2.36. The van der Waals surface area contributed by atoms with Crippen LogP contribution in [0, 0.1) is 11.7 Å². The summed E-state index contributed by atoms with van der Waals surface area (Å²) in [6, 6.07) is 4.57. The molecular formula is C15H23FN2O. The van der Waals surface area contributed by atoms with E-state index in [1.165, 1.54) is 6.07 Å². The van der Waals surface area contributed by atoms with Crippen LogP contribution in [0.2, 0.25) is 0 Å². The Bertz CT molecular complexity index is 419. The molecule has 3 nitrogen and oxygen atoms in total. The number of hydrogen-bond acceptors (Lipinski definition) is 2. The van der Waals surface area contributed by atoms with E-state index in [4.69, 9.17) is 0 Å². The molecule has 0 spiro atoms. The topological polar surface area (TPSA) is 41.1 Å². The van der Waals surface area contributed by atoms with Crippen LogP contribution in [0.5, 0.6) is 0 Å². The third kappa shape index (κ3) is 4.89. The van der Waals surface area contributed by atoms with Crippen molar-refractivity contribution in [3.63, 3.8) is 0 Å². The lowest BCUT2D eigenvalue weighted by molar-refractivity contribution is 0.0952. The van der Waals surface area contributed by atoms with Crippen molar-refractivity contribution in [3.8, 4) is 0 Å². The van der Waals surface area contributed by atoms with Gasteiger partial charge in [0, 0.05) is 13.1 Å². The van der Waals surface area contributed by atoms with Gasteiger partial charge in [-0.05, 0) is 30.9 Å². The standard InChI is InChI=1S/C15H23FN2O/c1-4-9-17-14-12(6-5-7-13(14)16)15(19)18-10-8-11(2)3/h5-7,11,17H,4,8-10H2,1-3H3,(H,18,19). The minimum atomic E-state index is -0.384. The molecule has 0 bridgehead atoms. The van der Waals surface area contributed by atoms with Crippen molar-refractivity contribution < 1.29 is 9.18 Å². The summed E-state index contributed by atoms with van der Waals surface area (Å²) in [5.74, 6) is -0.0748. The minimum Gasteiger partial charge on any atom is -0.382 e. The molecule has 1 amide bonds. The number of anilines is 1. The first kappa shape index (κ1) is 15.5. The number of rotatable bonds is 7. The van der Waals surface area contributed by atoms with Gasteiger partial charge in [-0.15, -0.1) is 0 Å². The first-order chi connectivity index (χ1) is 9.06. The van der Waals surface area contributed by atoms with Crippen LogP contribution in [0.15, 0.2) is 18.2 Å². The zero-order valence-corrected chi connectivity index (χ0v) is 11.9. The van der Waals surface area contributed by atoms with E-state index in [0.29, 0.717) is 30.3 Å². The molecular weight excluding hydrogens is 243 g/mol. The highest BCUT2D eigenvalue weighted by atomic mass is 19.1. The van der Waals surface area contributed by atoms with Gasteiger partial charge < -0.3 is 10.6 Å². The van der Waals surface area contributed by atoms with E-state index in [9.17, 15) is 9.18 Å². The number of carbonyl (C=O) groups excluding carboxylic acids is 1. The van der Waals surface area contributed by atoms with Crippen LogP contribution in [-0.4, -0.2) is 19.0 Å². The molecule has 1 aromatic rings. The van der Waals surface area contributed by atoms with Crippen LogP contribution < -0.4 is 10.6 Å². The fourth-order valence-electron chi connectivity index (χ4n) is 1.71. The Hall–Kier alpha value is -1.58. The molecule has 0 unspecified atom stereocenters. The molecule has 0 fully saturated rings. The summed E-state index contributed by atoms with van der Waals surface area (Å²) in [4.78, 5) is 12.0. The van der Waals surface area contributed by atoms with E-state index < -0.39 is 0 Å². The second-order valence-corrected chi connectivity index (χ2v) is 5.03. The minimum absolute atomic E-state index is 0.223. The number of halogens is 1. The number of hydrogen-bond donors (Lipinski definition) is 2. The molecule has 0 aliphatic heterocycles. The Morgan fingerprint density at radius 1 is 1.32 bits per heavy atom. The number of amides is 1. The maximum Gasteiger partial charge on any atom is 0.253 e. The molecule has 0 saturated carbocycles.